The fourth-order valence-electron chi connectivity index (χ4n) is 2.90. The summed E-state index contributed by atoms with van der Waals surface area (Å²) in [6.45, 7) is 1.23. The number of anilines is 1. The van der Waals surface area contributed by atoms with Gasteiger partial charge in [0.25, 0.3) is 0 Å². The van der Waals surface area contributed by atoms with Gasteiger partial charge in [-0.2, -0.15) is 4.31 Å². The molecule has 1 unspecified atom stereocenters. The molecule has 180 valence electrons. The molecule has 0 spiro atoms. The van der Waals surface area contributed by atoms with Crippen molar-refractivity contribution in [2.45, 2.75) is 49.5 Å². The number of imidazole rings is 1. The summed E-state index contributed by atoms with van der Waals surface area (Å²) >= 11 is 1.39. The maximum absolute atomic E-state index is 11.6. The van der Waals surface area contributed by atoms with Gasteiger partial charge in [0.2, 0.25) is 0 Å². The van der Waals surface area contributed by atoms with Crippen LogP contribution in [-0.4, -0.2) is 75.1 Å². The molecule has 5 atom stereocenters. The first-order chi connectivity index (χ1) is 14.9. The van der Waals surface area contributed by atoms with Crippen molar-refractivity contribution in [1.29, 1.82) is 0 Å². The standard InChI is InChI=1S/C14H23N5O10P2S/c1-2-3-4-32-14-17-11(15)8-12(18-14)19(6-16-8)13-10(21)9(20)7(28-13)5-27-31(25,26)29-30(22,23)24/h6-7,9-10,13,20-21H,2-5H2,1H3,(H,25,26)(H2,15,17,18)(H2,22,23,24)/t7-,9-,10-,13-/m1/s1. The number of nitrogens with zero attached hydrogens (tertiary/aromatic N) is 4. The molecule has 0 aliphatic carbocycles. The van der Waals surface area contributed by atoms with E-state index < -0.39 is 46.8 Å². The molecule has 0 bridgehead atoms. The van der Waals surface area contributed by atoms with Gasteiger partial charge in [0, 0.05) is 5.75 Å². The van der Waals surface area contributed by atoms with Gasteiger partial charge in [-0.05, 0) is 6.42 Å². The van der Waals surface area contributed by atoms with Crippen LogP contribution in [0.5, 0.6) is 0 Å². The predicted octanol–water partition coefficient (Wildman–Crippen LogP) is 0.146. The molecule has 1 aliphatic heterocycles. The Morgan fingerprint density at radius 2 is 1.97 bits per heavy atom. The minimum absolute atomic E-state index is 0.122. The monoisotopic (exact) mass is 515 g/mol. The van der Waals surface area contributed by atoms with Crippen LogP contribution in [0.15, 0.2) is 11.5 Å². The van der Waals surface area contributed by atoms with E-state index in [1.807, 2.05) is 6.92 Å². The van der Waals surface area contributed by atoms with Crippen LogP contribution in [0.3, 0.4) is 0 Å². The van der Waals surface area contributed by atoms with Gasteiger partial charge in [-0.15, -0.1) is 0 Å². The number of thioether (sulfide) groups is 1. The molecular formula is C14H23N5O10P2S. The van der Waals surface area contributed by atoms with Crippen LogP contribution in [-0.2, 0) is 22.7 Å². The van der Waals surface area contributed by atoms with Crippen LogP contribution < -0.4 is 5.73 Å². The van der Waals surface area contributed by atoms with E-state index in [-0.39, 0.29) is 17.0 Å². The maximum Gasteiger partial charge on any atom is 0.481 e. The minimum atomic E-state index is -5.31. The molecule has 1 aliphatic rings. The van der Waals surface area contributed by atoms with E-state index in [1.54, 1.807) is 0 Å². The van der Waals surface area contributed by atoms with Crippen molar-refractivity contribution >= 4 is 44.4 Å². The SMILES string of the molecule is CCCCSc1nc(N)c2ncn([C@@H]3O[C@H](COP(=O)(O)OP(=O)(O)O)[C@@H](O)[C@H]3O)c2n1. The number of aromatic nitrogens is 4. The van der Waals surface area contributed by atoms with E-state index in [1.165, 1.54) is 22.7 Å². The highest BCUT2D eigenvalue weighted by atomic mass is 32.2. The van der Waals surface area contributed by atoms with Crippen LogP contribution in [0.1, 0.15) is 26.0 Å². The molecule has 32 heavy (non-hydrogen) atoms. The Bertz CT molecular complexity index is 1050. The molecule has 7 N–H and O–H groups in total. The summed E-state index contributed by atoms with van der Waals surface area (Å²) in [5, 5.41) is 21.1. The number of rotatable bonds is 10. The Labute approximate surface area is 185 Å². The van der Waals surface area contributed by atoms with E-state index in [2.05, 4.69) is 23.8 Å². The summed E-state index contributed by atoms with van der Waals surface area (Å²) in [4.78, 5) is 39.4. The number of hydrogen-bond donors (Lipinski definition) is 6. The zero-order valence-electron chi connectivity index (χ0n) is 16.7. The lowest BCUT2D eigenvalue weighted by atomic mass is 10.1. The Hall–Kier alpha value is -1.16. The first kappa shape index (κ1) is 25.5. The first-order valence-electron chi connectivity index (χ1n) is 9.30. The fourth-order valence-corrected chi connectivity index (χ4v) is 5.43. The zero-order chi connectivity index (χ0) is 23.7. The normalized spacial score (nSPS) is 25.9. The molecule has 2 aromatic heterocycles. The lowest BCUT2D eigenvalue weighted by Gasteiger charge is -2.17. The van der Waals surface area contributed by atoms with E-state index >= 15 is 0 Å². The molecule has 3 rings (SSSR count). The summed E-state index contributed by atoms with van der Waals surface area (Å²) in [5.41, 5.74) is 6.46. The van der Waals surface area contributed by atoms with Crippen molar-refractivity contribution in [3.05, 3.63) is 6.33 Å². The second kappa shape index (κ2) is 9.99. The van der Waals surface area contributed by atoms with E-state index in [9.17, 15) is 24.2 Å². The Morgan fingerprint density at radius 1 is 1.25 bits per heavy atom. The summed E-state index contributed by atoms with van der Waals surface area (Å²) in [6, 6.07) is 0. The average Bonchev–Trinajstić information content (AvgIpc) is 3.21. The van der Waals surface area contributed by atoms with Gasteiger partial charge in [-0.3, -0.25) is 9.09 Å². The van der Waals surface area contributed by atoms with Gasteiger partial charge in [-0.25, -0.2) is 24.1 Å². The second-order valence-corrected chi connectivity index (χ2v) is 10.7. The molecule has 1 fully saturated rings. The van der Waals surface area contributed by atoms with Gasteiger partial charge in [0.1, 0.15) is 23.8 Å². The highest BCUT2D eigenvalue weighted by Crippen LogP contribution is 2.57. The number of aliphatic hydroxyl groups is 2. The molecule has 1 saturated heterocycles. The number of phosphoric ester groups is 1. The van der Waals surface area contributed by atoms with E-state index in [4.69, 9.17) is 20.3 Å². The van der Waals surface area contributed by atoms with Gasteiger partial charge in [0.05, 0.1) is 12.9 Å². The molecule has 3 heterocycles. The van der Waals surface area contributed by atoms with E-state index in [0.717, 1.165) is 18.6 Å². The van der Waals surface area contributed by atoms with Gasteiger partial charge in [0.15, 0.2) is 22.8 Å². The smallest absolute Gasteiger partial charge is 0.387 e. The summed E-state index contributed by atoms with van der Waals surface area (Å²) in [7, 11) is -10.5. The molecule has 18 heteroatoms. The lowest BCUT2D eigenvalue weighted by Crippen LogP contribution is -2.33. The predicted molar refractivity (Wildman–Crippen MR) is 110 cm³/mol. The number of hydrogen-bond acceptors (Lipinski definition) is 12. The number of ether oxygens (including phenoxy) is 1. The third-order valence-electron chi connectivity index (χ3n) is 4.38. The van der Waals surface area contributed by atoms with Crippen molar-refractivity contribution in [3.63, 3.8) is 0 Å². The molecule has 0 aromatic carbocycles. The number of fused-ring (bicyclic) bond motifs is 1. The second-order valence-electron chi connectivity index (χ2n) is 6.80. The fraction of sp³-hybridized carbons (Fsp3) is 0.643. The molecule has 0 saturated carbocycles. The highest BCUT2D eigenvalue weighted by Gasteiger charge is 2.46. The largest absolute Gasteiger partial charge is 0.481 e. The van der Waals surface area contributed by atoms with Crippen molar-refractivity contribution in [2.75, 3.05) is 18.1 Å². The van der Waals surface area contributed by atoms with Crippen molar-refractivity contribution in [2.24, 2.45) is 0 Å². The molecule has 2 aromatic rings. The van der Waals surface area contributed by atoms with E-state index in [0.29, 0.717) is 5.16 Å². The Balaban J connectivity index is 1.78. The van der Waals surface area contributed by atoms with Gasteiger partial charge < -0.3 is 35.4 Å². The maximum atomic E-state index is 11.6. The molecular weight excluding hydrogens is 492 g/mol. The topological polar surface area (TPSA) is 233 Å². The number of nitrogen functional groups attached to an aromatic ring is 1. The van der Waals surface area contributed by atoms with Crippen molar-refractivity contribution in [3.8, 4) is 0 Å². The summed E-state index contributed by atoms with van der Waals surface area (Å²) in [6.07, 6.45) is -2.43. The van der Waals surface area contributed by atoms with Crippen molar-refractivity contribution < 1.29 is 47.6 Å². The Kier molecular flexibility index (Phi) is 7.95. The average molecular weight is 515 g/mol. The zero-order valence-corrected chi connectivity index (χ0v) is 19.3. The quantitative estimate of drug-likeness (QED) is 0.107. The Morgan fingerprint density at radius 3 is 2.62 bits per heavy atom. The first-order valence-corrected chi connectivity index (χ1v) is 13.3. The highest BCUT2D eigenvalue weighted by molar-refractivity contribution is 7.99. The third kappa shape index (κ3) is 6.04. The third-order valence-corrected chi connectivity index (χ3v) is 7.47. The van der Waals surface area contributed by atoms with Crippen LogP contribution in [0, 0.1) is 0 Å². The van der Waals surface area contributed by atoms with Crippen LogP contribution >= 0.6 is 27.4 Å². The molecule has 0 radical (unpaired) electrons. The number of aliphatic hydroxyl groups excluding tert-OH is 2. The summed E-state index contributed by atoms with van der Waals surface area (Å²) in [5.74, 6) is 0.894. The molecule has 0 amide bonds. The number of phosphoric acid groups is 2. The lowest BCUT2D eigenvalue weighted by molar-refractivity contribution is -0.0503. The molecule has 15 nitrogen and oxygen atoms in total. The van der Waals surface area contributed by atoms with Crippen LogP contribution in [0.2, 0.25) is 0 Å². The van der Waals surface area contributed by atoms with Crippen LogP contribution in [0.25, 0.3) is 11.2 Å². The summed E-state index contributed by atoms with van der Waals surface area (Å²) < 4.78 is 37.4. The van der Waals surface area contributed by atoms with Gasteiger partial charge in [-0.1, -0.05) is 25.1 Å². The van der Waals surface area contributed by atoms with Gasteiger partial charge >= 0.3 is 15.6 Å². The number of nitrogens with two attached hydrogens (primary N) is 1. The minimum Gasteiger partial charge on any atom is -0.387 e. The van der Waals surface area contributed by atoms with Crippen molar-refractivity contribution in [1.82, 2.24) is 19.5 Å². The van der Waals surface area contributed by atoms with Crippen LogP contribution in [0.4, 0.5) is 5.82 Å². The number of unbranched alkanes of at least 4 members (excludes halogenated alkanes) is 1.